The number of nitrogens with zero attached hydrogens (tertiary/aromatic N) is 2. The number of aromatic amines is 1. The van der Waals surface area contributed by atoms with Crippen LogP contribution in [0.5, 0.6) is 0 Å². The molecule has 2 heterocycles. The Bertz CT molecular complexity index is 1110. The predicted molar refractivity (Wildman–Crippen MR) is 111 cm³/mol. The molecule has 0 fully saturated rings. The second-order valence-electron chi connectivity index (χ2n) is 7.37. The SMILES string of the molecule is Cc1nc(-c2cccnc2)[nH]c(=O)c1CC(=O)NC1CCCc2cc(N)ccc21. The summed E-state index contributed by atoms with van der Waals surface area (Å²) in [6, 6.07) is 9.36. The van der Waals surface area contributed by atoms with Crippen molar-refractivity contribution in [2.75, 3.05) is 5.73 Å². The third-order valence-electron chi connectivity index (χ3n) is 5.31. The number of carbonyl (C=O) groups is 1. The zero-order valence-electron chi connectivity index (χ0n) is 16.2. The van der Waals surface area contributed by atoms with E-state index in [2.05, 4.69) is 20.3 Å². The second kappa shape index (κ2) is 7.87. The number of nitrogens with two attached hydrogens (primary N) is 1. The number of hydrogen-bond acceptors (Lipinski definition) is 5. The summed E-state index contributed by atoms with van der Waals surface area (Å²) in [6.07, 6.45) is 6.11. The van der Waals surface area contributed by atoms with Crippen LogP contribution in [0.25, 0.3) is 11.4 Å². The van der Waals surface area contributed by atoms with Crippen LogP contribution in [0.3, 0.4) is 0 Å². The number of rotatable bonds is 4. The van der Waals surface area contributed by atoms with Crippen molar-refractivity contribution in [3.8, 4) is 11.4 Å². The number of anilines is 1. The van der Waals surface area contributed by atoms with Gasteiger partial charge in [-0.25, -0.2) is 4.98 Å². The number of aromatic nitrogens is 3. The van der Waals surface area contributed by atoms with Gasteiger partial charge in [0.05, 0.1) is 12.5 Å². The molecule has 1 unspecified atom stereocenters. The average Bonchev–Trinajstić information content (AvgIpc) is 2.71. The third-order valence-corrected chi connectivity index (χ3v) is 5.31. The summed E-state index contributed by atoms with van der Waals surface area (Å²) >= 11 is 0. The number of carbonyl (C=O) groups excluding carboxylic acids is 1. The average molecular weight is 389 g/mol. The van der Waals surface area contributed by atoms with Crippen LogP contribution in [0, 0.1) is 6.92 Å². The Morgan fingerprint density at radius 3 is 2.97 bits per heavy atom. The van der Waals surface area contributed by atoms with Crippen LogP contribution in [0.4, 0.5) is 5.69 Å². The molecule has 1 aliphatic rings. The number of pyridine rings is 1. The van der Waals surface area contributed by atoms with E-state index in [4.69, 9.17) is 5.73 Å². The van der Waals surface area contributed by atoms with Crippen molar-refractivity contribution in [3.63, 3.8) is 0 Å². The number of benzene rings is 1. The first-order valence-corrected chi connectivity index (χ1v) is 9.69. The quantitative estimate of drug-likeness (QED) is 0.593. The Labute approximate surface area is 168 Å². The highest BCUT2D eigenvalue weighted by Crippen LogP contribution is 2.31. The van der Waals surface area contributed by atoms with E-state index in [0.29, 0.717) is 17.1 Å². The minimum absolute atomic E-state index is 0.0116. The van der Waals surface area contributed by atoms with E-state index < -0.39 is 0 Å². The number of nitrogens with one attached hydrogen (secondary N) is 2. The lowest BCUT2D eigenvalue weighted by atomic mass is 9.87. The molecule has 0 spiro atoms. The molecule has 1 atom stereocenters. The fraction of sp³-hybridized carbons (Fsp3) is 0.273. The van der Waals surface area contributed by atoms with Gasteiger partial charge in [-0.1, -0.05) is 6.07 Å². The van der Waals surface area contributed by atoms with E-state index in [9.17, 15) is 9.59 Å². The topological polar surface area (TPSA) is 114 Å². The zero-order valence-corrected chi connectivity index (χ0v) is 16.2. The van der Waals surface area contributed by atoms with Crippen molar-refractivity contribution in [1.82, 2.24) is 20.3 Å². The maximum atomic E-state index is 12.7. The summed E-state index contributed by atoms with van der Waals surface area (Å²) in [5, 5.41) is 3.07. The molecular weight excluding hydrogens is 366 g/mol. The monoisotopic (exact) mass is 389 g/mol. The molecular formula is C22H23N5O2. The summed E-state index contributed by atoms with van der Waals surface area (Å²) in [6.45, 7) is 1.75. The molecule has 7 heteroatoms. The molecule has 0 bridgehead atoms. The number of amides is 1. The third kappa shape index (κ3) is 4.03. The van der Waals surface area contributed by atoms with Crippen molar-refractivity contribution < 1.29 is 4.79 Å². The van der Waals surface area contributed by atoms with Crippen LogP contribution in [0.2, 0.25) is 0 Å². The van der Waals surface area contributed by atoms with Gasteiger partial charge in [0, 0.05) is 34.9 Å². The van der Waals surface area contributed by atoms with Gasteiger partial charge in [-0.05, 0) is 61.6 Å². The molecule has 2 aromatic heterocycles. The zero-order chi connectivity index (χ0) is 20.4. The van der Waals surface area contributed by atoms with Gasteiger partial charge < -0.3 is 16.0 Å². The minimum atomic E-state index is -0.302. The molecule has 4 N–H and O–H groups in total. The number of nitrogen functional groups attached to an aromatic ring is 1. The van der Waals surface area contributed by atoms with Crippen LogP contribution in [0.15, 0.2) is 47.5 Å². The first-order chi connectivity index (χ1) is 14.0. The molecule has 0 saturated heterocycles. The summed E-state index contributed by atoms with van der Waals surface area (Å²) in [5.74, 6) is 0.257. The first kappa shape index (κ1) is 18.9. The van der Waals surface area contributed by atoms with E-state index in [1.165, 1.54) is 5.56 Å². The highest BCUT2D eigenvalue weighted by atomic mass is 16.2. The van der Waals surface area contributed by atoms with Crippen LogP contribution in [-0.2, 0) is 17.6 Å². The molecule has 0 radical (unpaired) electrons. The lowest BCUT2D eigenvalue weighted by Crippen LogP contribution is -2.34. The van der Waals surface area contributed by atoms with E-state index in [0.717, 1.165) is 36.1 Å². The predicted octanol–water partition coefficient (Wildman–Crippen LogP) is 2.46. The van der Waals surface area contributed by atoms with E-state index >= 15 is 0 Å². The van der Waals surface area contributed by atoms with Gasteiger partial charge in [0.1, 0.15) is 5.82 Å². The maximum Gasteiger partial charge on any atom is 0.255 e. The minimum Gasteiger partial charge on any atom is -0.399 e. The van der Waals surface area contributed by atoms with Gasteiger partial charge in [-0.15, -0.1) is 0 Å². The molecule has 3 aromatic rings. The Hall–Kier alpha value is -3.48. The van der Waals surface area contributed by atoms with Crippen LogP contribution < -0.4 is 16.6 Å². The van der Waals surface area contributed by atoms with Crippen LogP contribution >= 0.6 is 0 Å². The molecule has 1 amide bonds. The fourth-order valence-corrected chi connectivity index (χ4v) is 3.85. The van der Waals surface area contributed by atoms with Crippen molar-refractivity contribution in [3.05, 3.63) is 75.5 Å². The van der Waals surface area contributed by atoms with Crippen molar-refractivity contribution in [2.24, 2.45) is 0 Å². The summed E-state index contributed by atoms with van der Waals surface area (Å²) in [7, 11) is 0. The van der Waals surface area contributed by atoms with Gasteiger partial charge >= 0.3 is 0 Å². The number of aryl methyl sites for hydroxylation is 2. The highest BCUT2D eigenvalue weighted by molar-refractivity contribution is 5.79. The second-order valence-corrected chi connectivity index (χ2v) is 7.37. The van der Waals surface area contributed by atoms with Gasteiger partial charge in [0.15, 0.2) is 0 Å². The van der Waals surface area contributed by atoms with Crippen LogP contribution in [-0.4, -0.2) is 20.9 Å². The normalized spacial score (nSPS) is 15.6. The molecule has 1 aromatic carbocycles. The van der Waals surface area contributed by atoms with E-state index in [1.807, 2.05) is 24.3 Å². The lowest BCUT2D eigenvalue weighted by Gasteiger charge is -2.26. The fourth-order valence-electron chi connectivity index (χ4n) is 3.85. The van der Waals surface area contributed by atoms with Gasteiger partial charge in [-0.2, -0.15) is 0 Å². The molecule has 0 saturated carbocycles. The van der Waals surface area contributed by atoms with Crippen molar-refractivity contribution in [2.45, 2.75) is 38.6 Å². The Morgan fingerprint density at radius 1 is 1.34 bits per heavy atom. The number of fused-ring (bicyclic) bond motifs is 1. The highest BCUT2D eigenvalue weighted by Gasteiger charge is 2.23. The van der Waals surface area contributed by atoms with Crippen molar-refractivity contribution in [1.29, 1.82) is 0 Å². The molecule has 0 aliphatic heterocycles. The first-order valence-electron chi connectivity index (χ1n) is 9.69. The Morgan fingerprint density at radius 2 is 2.21 bits per heavy atom. The summed E-state index contributed by atoms with van der Waals surface area (Å²) in [4.78, 5) is 36.5. The number of hydrogen-bond donors (Lipinski definition) is 3. The van der Waals surface area contributed by atoms with Gasteiger partial charge in [0.25, 0.3) is 5.56 Å². The van der Waals surface area contributed by atoms with Gasteiger partial charge in [0.2, 0.25) is 5.91 Å². The molecule has 1 aliphatic carbocycles. The molecule has 4 rings (SSSR count). The van der Waals surface area contributed by atoms with E-state index in [-0.39, 0.29) is 23.9 Å². The standard InChI is InChI=1S/C22H23N5O2/c1-13-18(22(29)27-21(25-13)15-5-3-9-24-12-15)11-20(28)26-19-6-2-4-14-10-16(23)7-8-17(14)19/h3,5,7-10,12,19H,2,4,6,11,23H2,1H3,(H,26,28)(H,25,27,29). The molecule has 148 valence electrons. The smallest absolute Gasteiger partial charge is 0.255 e. The maximum absolute atomic E-state index is 12.7. The van der Waals surface area contributed by atoms with E-state index in [1.54, 1.807) is 25.4 Å². The Kier molecular flexibility index (Phi) is 5.12. The van der Waals surface area contributed by atoms with Crippen molar-refractivity contribution >= 4 is 11.6 Å². The lowest BCUT2D eigenvalue weighted by molar-refractivity contribution is -0.121. The Balaban J connectivity index is 1.52. The van der Waals surface area contributed by atoms with Gasteiger partial charge in [-0.3, -0.25) is 14.6 Å². The molecule has 7 nitrogen and oxygen atoms in total. The summed E-state index contributed by atoms with van der Waals surface area (Å²) < 4.78 is 0. The largest absolute Gasteiger partial charge is 0.399 e. The molecule has 29 heavy (non-hydrogen) atoms. The number of H-pyrrole nitrogens is 1. The summed E-state index contributed by atoms with van der Waals surface area (Å²) in [5.41, 5.74) is 10.2. The van der Waals surface area contributed by atoms with Crippen LogP contribution in [0.1, 0.15) is 41.3 Å².